The van der Waals surface area contributed by atoms with Crippen molar-refractivity contribution in [2.24, 2.45) is 0 Å². The molecule has 226 valence electrons. The van der Waals surface area contributed by atoms with Gasteiger partial charge in [-0.2, -0.15) is 0 Å². The molecule has 8 heteroatoms. The molecule has 0 aliphatic carbocycles. The molecule has 0 bridgehead atoms. The van der Waals surface area contributed by atoms with E-state index in [4.69, 9.17) is 0 Å². The molecule has 0 N–H and O–H groups in total. The Morgan fingerprint density at radius 2 is 1.30 bits per heavy atom. The van der Waals surface area contributed by atoms with Gasteiger partial charge < -0.3 is 0 Å². The van der Waals surface area contributed by atoms with Crippen molar-refractivity contribution in [1.29, 1.82) is 0 Å². The molecule has 0 fully saturated rings. The summed E-state index contributed by atoms with van der Waals surface area (Å²) in [4.78, 5) is 13.6. The Balaban J connectivity index is 1.24. The monoisotopic (exact) mass is 625 g/mol. The fourth-order valence-electron chi connectivity index (χ4n) is 5.31. The molecule has 0 saturated carbocycles. The number of carbonyl (C=O) groups excluding carboxylic acids is 1. The molecule has 0 aliphatic rings. The molecule has 0 saturated heterocycles. The van der Waals surface area contributed by atoms with Gasteiger partial charge in [-0.25, -0.2) is 16.8 Å². The first-order chi connectivity index (χ1) is 21.1. The minimum absolute atomic E-state index is 0.178. The number of hydrogen-bond acceptors (Lipinski definition) is 5. The summed E-state index contributed by atoms with van der Waals surface area (Å²) >= 11 is 0. The van der Waals surface area contributed by atoms with Crippen LogP contribution in [0.2, 0.25) is 0 Å². The molecule has 0 radical (unpaired) electrons. The zero-order valence-electron chi connectivity index (χ0n) is 24.5. The number of rotatable bonds is 13. The number of carbonyl (C=O) groups is 1. The minimum Gasteiger partial charge on any atom is -0.297 e. The SMILES string of the molecule is C[C@@H](C(=O)CCCCC=CS(=O)(=O)c1ccc2ccccc2c1)N(c1ccc2ccccc2c1)S(=O)(=O)Cc1ccccc1. The molecule has 5 aromatic rings. The summed E-state index contributed by atoms with van der Waals surface area (Å²) < 4.78 is 54.5. The van der Waals surface area contributed by atoms with E-state index in [1.807, 2.05) is 66.7 Å². The van der Waals surface area contributed by atoms with Gasteiger partial charge in [0.1, 0.15) is 6.04 Å². The van der Waals surface area contributed by atoms with E-state index >= 15 is 0 Å². The van der Waals surface area contributed by atoms with Gasteiger partial charge in [0.2, 0.25) is 10.0 Å². The van der Waals surface area contributed by atoms with Crippen LogP contribution in [-0.4, -0.2) is 28.7 Å². The first-order valence-corrected chi connectivity index (χ1v) is 17.8. The highest BCUT2D eigenvalue weighted by Crippen LogP contribution is 2.29. The number of sulfonamides is 1. The Hall–Kier alpha value is -4.27. The van der Waals surface area contributed by atoms with Gasteiger partial charge in [-0.1, -0.05) is 97.1 Å². The predicted molar refractivity (Wildman–Crippen MR) is 179 cm³/mol. The molecular weight excluding hydrogens is 591 g/mol. The van der Waals surface area contributed by atoms with E-state index in [-0.39, 0.29) is 22.9 Å². The van der Waals surface area contributed by atoms with Gasteiger partial charge in [0.25, 0.3) is 0 Å². The number of Topliss-reactive ketones (excluding diaryl/α,β-unsaturated/α-hetero) is 1. The molecule has 0 spiro atoms. The molecule has 44 heavy (non-hydrogen) atoms. The number of nitrogens with zero attached hydrogens (tertiary/aromatic N) is 1. The molecule has 5 aromatic carbocycles. The second-order valence-electron chi connectivity index (χ2n) is 10.9. The average molecular weight is 626 g/mol. The maximum atomic E-state index is 13.8. The number of benzene rings is 5. The standard InChI is InChI=1S/C36H35NO5S2/c1-28(36(38)19-7-2-3-12-24-43(39,40)35-23-21-31-16-9-11-18-33(31)26-35)37(44(41,42)27-29-13-5-4-6-14-29)34-22-20-30-15-8-10-17-32(30)25-34/h4-6,8-18,20-26,28H,2-3,7,19,27H2,1H3/t28-/m0/s1. The van der Waals surface area contributed by atoms with Crippen LogP contribution in [0.15, 0.2) is 132 Å². The van der Waals surface area contributed by atoms with Crippen LogP contribution < -0.4 is 4.31 Å². The molecule has 0 aromatic heterocycles. The fraction of sp³-hybridized carbons (Fsp3) is 0.194. The largest absolute Gasteiger partial charge is 0.297 e. The van der Waals surface area contributed by atoms with Crippen molar-refractivity contribution < 1.29 is 21.6 Å². The second kappa shape index (κ2) is 13.6. The van der Waals surface area contributed by atoms with Crippen molar-refractivity contribution in [3.63, 3.8) is 0 Å². The Morgan fingerprint density at radius 3 is 1.98 bits per heavy atom. The van der Waals surface area contributed by atoms with Crippen LogP contribution in [-0.2, 0) is 30.4 Å². The van der Waals surface area contributed by atoms with E-state index in [1.165, 1.54) is 9.71 Å². The van der Waals surface area contributed by atoms with Gasteiger partial charge in [0.15, 0.2) is 15.6 Å². The molecule has 5 rings (SSSR count). The van der Waals surface area contributed by atoms with E-state index in [1.54, 1.807) is 61.5 Å². The molecule has 6 nitrogen and oxygen atoms in total. The van der Waals surface area contributed by atoms with Crippen LogP contribution in [0.3, 0.4) is 0 Å². The van der Waals surface area contributed by atoms with Crippen molar-refractivity contribution in [3.8, 4) is 0 Å². The number of anilines is 1. The van der Waals surface area contributed by atoms with Crippen LogP contribution >= 0.6 is 0 Å². The van der Waals surface area contributed by atoms with E-state index in [9.17, 15) is 21.6 Å². The van der Waals surface area contributed by atoms with Gasteiger partial charge >= 0.3 is 0 Å². The van der Waals surface area contributed by atoms with Gasteiger partial charge in [0.05, 0.1) is 16.3 Å². The summed E-state index contributed by atoms with van der Waals surface area (Å²) in [6.45, 7) is 1.64. The summed E-state index contributed by atoms with van der Waals surface area (Å²) in [5.41, 5.74) is 1.09. The van der Waals surface area contributed by atoms with E-state index in [0.29, 0.717) is 30.5 Å². The van der Waals surface area contributed by atoms with Crippen molar-refractivity contribution in [1.82, 2.24) is 0 Å². The first kappa shape index (κ1) is 31.2. The van der Waals surface area contributed by atoms with Crippen LogP contribution in [0.25, 0.3) is 21.5 Å². The third kappa shape index (κ3) is 7.44. The van der Waals surface area contributed by atoms with Crippen LogP contribution in [0, 0.1) is 0 Å². The number of ketones is 1. The Labute approximate surface area is 259 Å². The maximum absolute atomic E-state index is 13.8. The highest BCUT2D eigenvalue weighted by molar-refractivity contribution is 7.94. The lowest BCUT2D eigenvalue weighted by molar-refractivity contribution is -0.119. The Bertz CT molecular complexity index is 2020. The summed E-state index contributed by atoms with van der Waals surface area (Å²) in [6, 6.07) is 33.8. The molecule has 0 unspecified atom stereocenters. The molecule has 0 aliphatic heterocycles. The summed E-state index contributed by atoms with van der Waals surface area (Å²) in [6.07, 6.45) is 3.37. The zero-order valence-corrected chi connectivity index (χ0v) is 26.2. The lowest BCUT2D eigenvalue weighted by Crippen LogP contribution is -2.44. The summed E-state index contributed by atoms with van der Waals surface area (Å²) in [7, 11) is -7.49. The van der Waals surface area contributed by atoms with Crippen molar-refractivity contribution in [2.45, 2.75) is 49.3 Å². The lowest BCUT2D eigenvalue weighted by Gasteiger charge is -2.30. The average Bonchev–Trinajstić information content (AvgIpc) is 3.02. The van der Waals surface area contributed by atoms with E-state index in [2.05, 4.69) is 0 Å². The summed E-state index contributed by atoms with van der Waals surface area (Å²) in [5, 5.41) is 4.92. The normalized spacial score (nSPS) is 12.9. The number of sulfone groups is 1. The zero-order chi connectivity index (χ0) is 31.2. The topological polar surface area (TPSA) is 88.6 Å². The maximum Gasteiger partial charge on any atom is 0.239 e. The molecule has 1 atom stereocenters. The quantitative estimate of drug-likeness (QED) is 0.124. The lowest BCUT2D eigenvalue weighted by atomic mass is 10.1. The van der Waals surface area contributed by atoms with Gasteiger partial charge in [0, 0.05) is 11.8 Å². The number of hydrogen-bond donors (Lipinski definition) is 0. The minimum atomic E-state index is -3.90. The van der Waals surface area contributed by atoms with E-state index < -0.39 is 25.9 Å². The van der Waals surface area contributed by atoms with E-state index in [0.717, 1.165) is 21.5 Å². The van der Waals surface area contributed by atoms with Crippen molar-refractivity contribution in [3.05, 3.63) is 132 Å². The van der Waals surface area contributed by atoms with Crippen LogP contribution in [0.4, 0.5) is 5.69 Å². The Morgan fingerprint density at radius 1 is 0.705 bits per heavy atom. The predicted octanol–water partition coefficient (Wildman–Crippen LogP) is 7.84. The number of fused-ring (bicyclic) bond motifs is 2. The van der Waals surface area contributed by atoms with Gasteiger partial charge in [-0.3, -0.25) is 9.10 Å². The third-order valence-corrected chi connectivity index (χ3v) is 11.0. The van der Waals surface area contributed by atoms with Crippen LogP contribution in [0.5, 0.6) is 0 Å². The van der Waals surface area contributed by atoms with Crippen molar-refractivity contribution in [2.75, 3.05) is 4.31 Å². The van der Waals surface area contributed by atoms with Gasteiger partial charge in [-0.15, -0.1) is 0 Å². The summed E-state index contributed by atoms with van der Waals surface area (Å²) in [5.74, 6) is -0.419. The molecule has 0 amide bonds. The van der Waals surface area contributed by atoms with Gasteiger partial charge in [-0.05, 0) is 77.6 Å². The molecular formula is C36H35NO5S2. The first-order valence-electron chi connectivity index (χ1n) is 14.6. The number of unbranched alkanes of at least 4 members (excludes halogenated alkanes) is 2. The molecule has 0 heterocycles. The highest BCUT2D eigenvalue weighted by atomic mass is 32.2. The smallest absolute Gasteiger partial charge is 0.239 e. The fourth-order valence-corrected chi connectivity index (χ4v) is 8.19. The Kier molecular flexibility index (Phi) is 9.61. The van der Waals surface area contributed by atoms with Crippen molar-refractivity contribution >= 4 is 52.9 Å². The highest BCUT2D eigenvalue weighted by Gasteiger charge is 2.32. The van der Waals surface area contributed by atoms with Crippen LogP contribution in [0.1, 0.15) is 38.2 Å². The number of allylic oxidation sites excluding steroid dienone is 1. The third-order valence-electron chi connectivity index (χ3n) is 7.67. The second-order valence-corrected chi connectivity index (χ2v) is 14.6.